The first-order chi connectivity index (χ1) is 27.8. The lowest BCUT2D eigenvalue weighted by atomic mass is 9.90. The molecule has 0 radical (unpaired) electrons. The van der Waals surface area contributed by atoms with Crippen LogP contribution in [0, 0.1) is 0 Å². The zero-order valence-corrected chi connectivity index (χ0v) is 31.4. The number of benzene rings is 10. The normalized spacial score (nSPS) is 11.6. The first-order valence-electron chi connectivity index (χ1n) is 19.2. The van der Waals surface area contributed by atoms with Gasteiger partial charge in [-0.15, -0.1) is 11.3 Å². The van der Waals surface area contributed by atoms with Gasteiger partial charge in [-0.05, 0) is 109 Å². The van der Waals surface area contributed by atoms with Crippen molar-refractivity contribution in [3.05, 3.63) is 212 Å². The Kier molecular flexibility index (Phi) is 7.75. The number of fused-ring (bicyclic) bond motifs is 6. The van der Waals surface area contributed by atoms with Gasteiger partial charge in [0.1, 0.15) is 0 Å². The van der Waals surface area contributed by atoms with Crippen molar-refractivity contribution in [2.45, 2.75) is 0 Å². The third-order valence-corrected chi connectivity index (χ3v) is 12.4. The van der Waals surface area contributed by atoms with E-state index in [1.165, 1.54) is 85.9 Å². The van der Waals surface area contributed by atoms with Gasteiger partial charge >= 0.3 is 0 Å². The summed E-state index contributed by atoms with van der Waals surface area (Å²) in [6.45, 7) is 0. The lowest BCUT2D eigenvalue weighted by Crippen LogP contribution is -2.10. The molecule has 1 heterocycles. The van der Waals surface area contributed by atoms with E-state index in [0.29, 0.717) is 0 Å². The third-order valence-electron chi connectivity index (χ3n) is 11.3. The molecular weight excluding hydrogens is 695 g/mol. The Morgan fingerprint density at radius 1 is 0.304 bits per heavy atom. The number of hydrogen-bond acceptors (Lipinski definition) is 2. The van der Waals surface area contributed by atoms with Gasteiger partial charge in [0.05, 0.1) is 5.69 Å². The molecular formula is C54H35NS. The van der Waals surface area contributed by atoms with E-state index in [2.05, 4.69) is 217 Å². The molecule has 11 rings (SSSR count). The van der Waals surface area contributed by atoms with Crippen LogP contribution in [-0.2, 0) is 0 Å². The van der Waals surface area contributed by atoms with Crippen LogP contribution in [-0.4, -0.2) is 0 Å². The fraction of sp³-hybridized carbons (Fsp3) is 0. The molecule has 0 fully saturated rings. The average Bonchev–Trinajstić information content (AvgIpc) is 3.65. The molecule has 11 aromatic rings. The summed E-state index contributed by atoms with van der Waals surface area (Å²) >= 11 is 1.87. The molecule has 0 spiro atoms. The maximum absolute atomic E-state index is 2.43. The van der Waals surface area contributed by atoms with Gasteiger partial charge in [-0.2, -0.15) is 0 Å². The van der Waals surface area contributed by atoms with Gasteiger partial charge in [0.2, 0.25) is 0 Å². The quantitative estimate of drug-likeness (QED) is 0.165. The van der Waals surface area contributed by atoms with Gasteiger partial charge in [0, 0.05) is 36.9 Å². The summed E-state index contributed by atoms with van der Waals surface area (Å²) in [5.41, 5.74) is 10.8. The number of anilines is 3. The zero-order chi connectivity index (χ0) is 37.0. The number of thiophene rings is 1. The minimum atomic E-state index is 1.12. The predicted molar refractivity (Wildman–Crippen MR) is 243 cm³/mol. The molecule has 0 unspecified atom stereocenters. The van der Waals surface area contributed by atoms with E-state index in [-0.39, 0.29) is 0 Å². The monoisotopic (exact) mass is 729 g/mol. The molecule has 0 amide bonds. The smallest absolute Gasteiger partial charge is 0.0540 e. The van der Waals surface area contributed by atoms with Crippen molar-refractivity contribution in [1.82, 2.24) is 0 Å². The van der Waals surface area contributed by atoms with Crippen molar-refractivity contribution in [1.29, 1.82) is 0 Å². The van der Waals surface area contributed by atoms with Crippen LogP contribution >= 0.6 is 11.3 Å². The van der Waals surface area contributed by atoms with E-state index < -0.39 is 0 Å². The Morgan fingerprint density at radius 2 is 0.946 bits per heavy atom. The summed E-state index contributed by atoms with van der Waals surface area (Å²) in [4.78, 5) is 2.43. The Balaban J connectivity index is 1.09. The lowest BCUT2D eigenvalue weighted by molar-refractivity contribution is 1.30. The van der Waals surface area contributed by atoms with Gasteiger partial charge in [0.25, 0.3) is 0 Å². The lowest BCUT2D eigenvalue weighted by Gasteiger charge is -2.27. The van der Waals surface area contributed by atoms with Crippen LogP contribution in [0.2, 0.25) is 0 Å². The molecule has 0 saturated carbocycles. The molecule has 0 atom stereocenters. The maximum Gasteiger partial charge on any atom is 0.0540 e. The fourth-order valence-corrected chi connectivity index (χ4v) is 9.70. The van der Waals surface area contributed by atoms with Crippen LogP contribution in [0.25, 0.3) is 85.9 Å². The van der Waals surface area contributed by atoms with Crippen LogP contribution in [0.15, 0.2) is 212 Å². The molecule has 0 aliphatic heterocycles. The van der Waals surface area contributed by atoms with Gasteiger partial charge in [-0.25, -0.2) is 0 Å². The van der Waals surface area contributed by atoms with Crippen molar-refractivity contribution in [3.63, 3.8) is 0 Å². The summed E-state index contributed by atoms with van der Waals surface area (Å²) in [6, 6.07) is 77.7. The Labute approximate surface area is 330 Å². The van der Waals surface area contributed by atoms with Crippen molar-refractivity contribution < 1.29 is 0 Å². The van der Waals surface area contributed by atoms with Crippen molar-refractivity contribution in [2.24, 2.45) is 0 Å². The second-order valence-electron chi connectivity index (χ2n) is 14.5. The highest BCUT2D eigenvalue weighted by Gasteiger charge is 2.19. The van der Waals surface area contributed by atoms with E-state index in [4.69, 9.17) is 0 Å². The van der Waals surface area contributed by atoms with E-state index in [0.717, 1.165) is 17.1 Å². The highest BCUT2D eigenvalue weighted by molar-refractivity contribution is 7.26. The molecule has 0 saturated heterocycles. The zero-order valence-electron chi connectivity index (χ0n) is 30.6. The first kappa shape index (κ1) is 32.4. The Hall–Kier alpha value is -7.00. The molecule has 0 aliphatic carbocycles. The highest BCUT2D eigenvalue weighted by atomic mass is 32.1. The SMILES string of the molecule is c1ccc(-c2ccc(-c3cccc4sc5ccc(N(c6ccc(-c7ccc8ccccc8c7)cc6)c6cccc7ccccc67)cc5c34)c3ccccc23)cc1. The Bertz CT molecular complexity index is 3240. The van der Waals surface area contributed by atoms with E-state index in [1.807, 2.05) is 11.3 Å². The average molecular weight is 730 g/mol. The summed E-state index contributed by atoms with van der Waals surface area (Å²) in [5, 5.41) is 10.0. The molecule has 1 nitrogen and oxygen atoms in total. The van der Waals surface area contributed by atoms with Gasteiger partial charge in [-0.3, -0.25) is 0 Å². The van der Waals surface area contributed by atoms with Crippen molar-refractivity contribution >= 4 is 80.9 Å². The summed E-state index contributed by atoms with van der Waals surface area (Å²) in [5.74, 6) is 0. The summed E-state index contributed by atoms with van der Waals surface area (Å²) in [7, 11) is 0. The van der Waals surface area contributed by atoms with Crippen LogP contribution in [0.4, 0.5) is 17.1 Å². The number of hydrogen-bond donors (Lipinski definition) is 0. The van der Waals surface area contributed by atoms with E-state index in [9.17, 15) is 0 Å². The van der Waals surface area contributed by atoms with Crippen molar-refractivity contribution in [2.75, 3.05) is 4.90 Å². The van der Waals surface area contributed by atoms with Crippen LogP contribution < -0.4 is 4.90 Å². The molecule has 0 N–H and O–H groups in total. The Morgan fingerprint density at radius 3 is 1.79 bits per heavy atom. The summed E-state index contributed by atoms with van der Waals surface area (Å²) < 4.78 is 2.58. The molecule has 56 heavy (non-hydrogen) atoms. The summed E-state index contributed by atoms with van der Waals surface area (Å²) in [6.07, 6.45) is 0. The van der Waals surface area contributed by atoms with E-state index >= 15 is 0 Å². The third kappa shape index (κ3) is 5.46. The second kappa shape index (κ2) is 13.4. The van der Waals surface area contributed by atoms with Crippen LogP contribution in [0.5, 0.6) is 0 Å². The van der Waals surface area contributed by atoms with Crippen molar-refractivity contribution in [3.8, 4) is 33.4 Å². The molecule has 0 aliphatic rings. The molecule has 2 heteroatoms. The van der Waals surface area contributed by atoms with Crippen LogP contribution in [0.3, 0.4) is 0 Å². The minimum Gasteiger partial charge on any atom is -0.310 e. The largest absolute Gasteiger partial charge is 0.310 e. The second-order valence-corrected chi connectivity index (χ2v) is 15.6. The van der Waals surface area contributed by atoms with Gasteiger partial charge < -0.3 is 4.90 Å². The molecule has 1 aromatic heterocycles. The highest BCUT2D eigenvalue weighted by Crippen LogP contribution is 2.46. The number of nitrogens with zero attached hydrogens (tertiary/aromatic N) is 1. The van der Waals surface area contributed by atoms with Gasteiger partial charge in [-0.1, -0.05) is 164 Å². The topological polar surface area (TPSA) is 3.24 Å². The number of rotatable bonds is 6. The maximum atomic E-state index is 2.43. The fourth-order valence-electron chi connectivity index (χ4n) is 8.58. The molecule has 0 bridgehead atoms. The molecule has 262 valence electrons. The first-order valence-corrected chi connectivity index (χ1v) is 20.0. The standard InChI is InChI=1S/C54H35NS/c1-2-13-38(14-3-1)44-31-32-48(47-20-9-8-19-46(44)47)49-21-11-23-53-54(49)50-35-43(30-33-52(50)56-53)55(51-22-10-17-39-15-6-7-18-45(39)51)42-28-26-37(27-29-42)41-25-24-36-12-4-5-16-40(36)34-41/h1-35H. The molecule has 10 aromatic carbocycles. The van der Waals surface area contributed by atoms with Gasteiger partial charge in [0.15, 0.2) is 0 Å². The van der Waals surface area contributed by atoms with Crippen LogP contribution in [0.1, 0.15) is 0 Å². The predicted octanol–water partition coefficient (Wildman–Crippen LogP) is 16.0. The van der Waals surface area contributed by atoms with E-state index in [1.54, 1.807) is 0 Å². The minimum absolute atomic E-state index is 1.12.